The molecule has 1 aliphatic heterocycles. The average Bonchev–Trinajstić information content (AvgIpc) is 2.86. The van der Waals surface area contributed by atoms with Crippen LogP contribution in [0.3, 0.4) is 0 Å². The van der Waals surface area contributed by atoms with Crippen LogP contribution >= 0.6 is 0 Å². The van der Waals surface area contributed by atoms with Crippen LogP contribution in [-0.4, -0.2) is 47.2 Å². The third kappa shape index (κ3) is 4.06. The largest absolute Gasteiger partial charge is 0.491 e. The number of rotatable bonds is 6. The third-order valence-corrected chi connectivity index (χ3v) is 4.20. The van der Waals surface area contributed by atoms with Gasteiger partial charge in [-0.05, 0) is 55.5 Å². The van der Waals surface area contributed by atoms with E-state index in [-0.39, 0.29) is 13.2 Å². The van der Waals surface area contributed by atoms with Crippen molar-refractivity contribution >= 4 is 17.6 Å². The van der Waals surface area contributed by atoms with Crippen LogP contribution in [-0.2, 0) is 4.79 Å². The van der Waals surface area contributed by atoms with Crippen LogP contribution < -0.4 is 9.64 Å². The van der Waals surface area contributed by atoms with Crippen LogP contribution in [0.2, 0.25) is 0 Å². The fourth-order valence-corrected chi connectivity index (χ4v) is 2.82. The Kier molecular flexibility index (Phi) is 5.36. The normalized spacial score (nSPS) is 18.1. The van der Waals surface area contributed by atoms with Gasteiger partial charge in [-0.2, -0.15) is 0 Å². The molecule has 0 aliphatic carbocycles. The Morgan fingerprint density at radius 3 is 2.19 bits per heavy atom. The number of β-amino-alcohol motifs (C(OH)–C–C–N with tert-alkyl or cyclic N) is 1. The molecule has 8 heteroatoms. The van der Waals surface area contributed by atoms with E-state index < -0.39 is 35.7 Å². The fraction of sp³-hybridized carbons (Fsp3) is 0.263. The Hall–Kier alpha value is -3.00. The minimum Gasteiger partial charge on any atom is -0.491 e. The first kappa shape index (κ1) is 18.8. The van der Waals surface area contributed by atoms with E-state index in [0.717, 1.165) is 4.90 Å². The molecule has 0 spiro atoms. The second-order valence-corrected chi connectivity index (χ2v) is 6.17. The van der Waals surface area contributed by atoms with Crippen molar-refractivity contribution in [1.29, 1.82) is 0 Å². The Morgan fingerprint density at radius 1 is 1.04 bits per heavy atom. The molecule has 6 nitrogen and oxygen atoms in total. The van der Waals surface area contributed by atoms with E-state index in [4.69, 9.17) is 4.74 Å². The molecular formula is C19H18F2N2O4. The third-order valence-electron chi connectivity index (χ3n) is 4.20. The van der Waals surface area contributed by atoms with E-state index >= 15 is 0 Å². The van der Waals surface area contributed by atoms with Crippen molar-refractivity contribution in [1.82, 2.24) is 4.90 Å². The first-order valence-electron chi connectivity index (χ1n) is 8.33. The lowest BCUT2D eigenvalue weighted by Crippen LogP contribution is -2.40. The Bertz CT molecular complexity index is 827. The molecule has 1 aliphatic rings. The summed E-state index contributed by atoms with van der Waals surface area (Å²) in [4.78, 5) is 27.2. The zero-order valence-electron chi connectivity index (χ0n) is 14.5. The van der Waals surface area contributed by atoms with Gasteiger partial charge in [0, 0.05) is 5.69 Å². The van der Waals surface area contributed by atoms with Crippen LogP contribution in [0.4, 0.5) is 19.3 Å². The molecule has 0 saturated carbocycles. The summed E-state index contributed by atoms with van der Waals surface area (Å²) in [5.41, 5.74) is 0.391. The van der Waals surface area contributed by atoms with Gasteiger partial charge < -0.3 is 9.84 Å². The van der Waals surface area contributed by atoms with Crippen LogP contribution in [0, 0.1) is 11.6 Å². The molecule has 1 fully saturated rings. The highest BCUT2D eigenvalue weighted by Gasteiger charge is 2.43. The van der Waals surface area contributed by atoms with Gasteiger partial charge in [0.15, 0.2) is 0 Å². The number of amides is 3. The SMILES string of the molecule is C[C@@H]1C(=O)N(C[C@H](O)COc2ccc(F)cc2)C(=O)N1c1ccc(F)cc1. The molecule has 142 valence electrons. The second-order valence-electron chi connectivity index (χ2n) is 6.17. The highest BCUT2D eigenvalue weighted by atomic mass is 19.1. The van der Waals surface area contributed by atoms with Crippen molar-refractivity contribution in [3.8, 4) is 5.75 Å². The van der Waals surface area contributed by atoms with Crippen molar-refractivity contribution < 1.29 is 28.2 Å². The quantitative estimate of drug-likeness (QED) is 0.787. The number of halogens is 2. The summed E-state index contributed by atoms with van der Waals surface area (Å²) in [6.45, 7) is 1.14. The smallest absolute Gasteiger partial charge is 0.332 e. The standard InChI is InChI=1S/C19H18F2N2O4/c1-12-18(25)22(19(26)23(12)15-6-2-13(20)3-7-15)10-16(24)11-27-17-8-4-14(21)5-9-17/h2-9,12,16,24H,10-11H2,1H3/t12-,16+/m1/s1. The number of carbonyl (C=O) groups is 2. The number of aliphatic hydroxyl groups excluding tert-OH is 1. The van der Waals surface area contributed by atoms with E-state index in [9.17, 15) is 23.5 Å². The van der Waals surface area contributed by atoms with E-state index in [0.29, 0.717) is 11.4 Å². The lowest BCUT2D eigenvalue weighted by Gasteiger charge is -2.20. The molecule has 27 heavy (non-hydrogen) atoms. The van der Waals surface area contributed by atoms with Crippen molar-refractivity contribution in [3.05, 3.63) is 60.2 Å². The molecule has 0 aromatic heterocycles. The molecule has 2 aromatic rings. The van der Waals surface area contributed by atoms with Crippen molar-refractivity contribution in [2.75, 3.05) is 18.1 Å². The maximum Gasteiger partial charge on any atom is 0.332 e. The topological polar surface area (TPSA) is 70.1 Å². The molecule has 2 atom stereocenters. The number of imide groups is 1. The Balaban J connectivity index is 1.63. The van der Waals surface area contributed by atoms with Crippen molar-refractivity contribution in [2.24, 2.45) is 0 Å². The first-order chi connectivity index (χ1) is 12.9. The number of hydrogen-bond acceptors (Lipinski definition) is 4. The number of anilines is 1. The van der Waals surface area contributed by atoms with E-state index in [2.05, 4.69) is 0 Å². The number of hydrogen-bond donors (Lipinski definition) is 1. The monoisotopic (exact) mass is 376 g/mol. The molecule has 0 radical (unpaired) electrons. The lowest BCUT2D eigenvalue weighted by atomic mass is 10.2. The molecule has 3 amide bonds. The average molecular weight is 376 g/mol. The van der Waals surface area contributed by atoms with Gasteiger partial charge in [-0.1, -0.05) is 0 Å². The maximum atomic E-state index is 13.1. The molecular weight excluding hydrogens is 358 g/mol. The molecule has 1 N–H and O–H groups in total. The summed E-state index contributed by atoms with van der Waals surface area (Å²) in [7, 11) is 0. The number of urea groups is 1. The molecule has 2 aromatic carbocycles. The van der Waals surface area contributed by atoms with E-state index in [1.165, 1.54) is 53.4 Å². The number of carbonyl (C=O) groups excluding carboxylic acids is 2. The summed E-state index contributed by atoms with van der Waals surface area (Å²) < 4.78 is 31.3. The molecule has 3 rings (SSSR count). The van der Waals surface area contributed by atoms with Gasteiger partial charge in [-0.3, -0.25) is 14.6 Å². The molecule has 1 saturated heterocycles. The molecule has 0 bridgehead atoms. The predicted molar refractivity (Wildman–Crippen MR) is 93.4 cm³/mol. The minimum absolute atomic E-state index is 0.173. The van der Waals surface area contributed by atoms with Crippen LogP contribution in [0.15, 0.2) is 48.5 Å². The summed E-state index contributed by atoms with van der Waals surface area (Å²) in [6, 6.07) is 9.12. The van der Waals surface area contributed by atoms with Gasteiger partial charge in [0.1, 0.15) is 36.1 Å². The van der Waals surface area contributed by atoms with Crippen LogP contribution in [0.5, 0.6) is 5.75 Å². The number of nitrogens with zero attached hydrogens (tertiary/aromatic N) is 2. The number of aliphatic hydroxyl groups is 1. The van der Waals surface area contributed by atoms with Crippen LogP contribution in [0.1, 0.15) is 6.92 Å². The zero-order chi connectivity index (χ0) is 19.6. The van der Waals surface area contributed by atoms with Gasteiger partial charge in [-0.15, -0.1) is 0 Å². The second kappa shape index (κ2) is 7.71. The number of ether oxygens (including phenoxy) is 1. The lowest BCUT2D eigenvalue weighted by molar-refractivity contribution is -0.128. The summed E-state index contributed by atoms with van der Waals surface area (Å²) >= 11 is 0. The number of benzene rings is 2. The van der Waals surface area contributed by atoms with Crippen molar-refractivity contribution in [2.45, 2.75) is 19.1 Å². The van der Waals surface area contributed by atoms with Crippen LogP contribution in [0.25, 0.3) is 0 Å². The van der Waals surface area contributed by atoms with E-state index in [1.807, 2.05) is 0 Å². The fourth-order valence-electron chi connectivity index (χ4n) is 2.82. The predicted octanol–water partition coefficient (Wildman–Crippen LogP) is 2.56. The zero-order valence-corrected chi connectivity index (χ0v) is 14.5. The molecule has 1 heterocycles. The minimum atomic E-state index is -1.12. The Morgan fingerprint density at radius 2 is 1.59 bits per heavy atom. The van der Waals surface area contributed by atoms with Gasteiger partial charge in [0.25, 0.3) is 5.91 Å². The van der Waals surface area contributed by atoms with Gasteiger partial charge in [0.2, 0.25) is 0 Å². The van der Waals surface area contributed by atoms with Crippen molar-refractivity contribution in [3.63, 3.8) is 0 Å². The van der Waals surface area contributed by atoms with Gasteiger partial charge in [-0.25, -0.2) is 13.6 Å². The first-order valence-corrected chi connectivity index (χ1v) is 8.33. The Labute approximate surface area is 154 Å². The van der Waals surface area contributed by atoms with Gasteiger partial charge in [0.05, 0.1) is 6.54 Å². The van der Waals surface area contributed by atoms with E-state index in [1.54, 1.807) is 6.92 Å². The van der Waals surface area contributed by atoms with Gasteiger partial charge >= 0.3 is 6.03 Å². The molecule has 0 unspecified atom stereocenters. The maximum absolute atomic E-state index is 13.1. The summed E-state index contributed by atoms with van der Waals surface area (Å²) in [5, 5.41) is 10.1. The highest BCUT2D eigenvalue weighted by molar-refractivity contribution is 6.14. The summed E-state index contributed by atoms with van der Waals surface area (Å²) in [6.07, 6.45) is -1.12. The highest BCUT2D eigenvalue weighted by Crippen LogP contribution is 2.26. The summed E-state index contributed by atoms with van der Waals surface area (Å²) in [5.74, 6) is -0.971.